The second kappa shape index (κ2) is 41.6. The Kier molecular flexibility index (Phi) is 40.5. The van der Waals surface area contributed by atoms with Crippen molar-refractivity contribution in [2.75, 3.05) is 26.4 Å². The van der Waals surface area contributed by atoms with Crippen molar-refractivity contribution in [1.82, 2.24) is 0 Å². The van der Waals surface area contributed by atoms with Crippen LogP contribution in [0.5, 0.6) is 0 Å². The van der Waals surface area contributed by atoms with Gasteiger partial charge in [-0.2, -0.15) is 0 Å². The van der Waals surface area contributed by atoms with Gasteiger partial charge in [0.25, 0.3) is 0 Å². The van der Waals surface area contributed by atoms with E-state index in [2.05, 4.69) is 38.2 Å². The monoisotopic (exact) mass is 816 g/mol. The van der Waals surface area contributed by atoms with Crippen LogP contribution in [0.4, 0.5) is 0 Å². The van der Waals surface area contributed by atoms with Crippen LogP contribution in [-0.4, -0.2) is 60.5 Å². The zero-order valence-corrected chi connectivity index (χ0v) is 36.9. The van der Waals surface area contributed by atoms with Crippen LogP contribution < -0.4 is 5.73 Å². The van der Waals surface area contributed by atoms with Crippen LogP contribution in [0.15, 0.2) is 24.3 Å². The Morgan fingerprint density at radius 3 is 1.48 bits per heavy atom. The number of carboxylic acid groups (broad SMARTS) is 1. The largest absolute Gasteiger partial charge is 0.480 e. The molecule has 4 N–H and O–H groups in total. The zero-order chi connectivity index (χ0) is 41.2. The van der Waals surface area contributed by atoms with Gasteiger partial charge in [0.15, 0.2) is 0 Å². The van der Waals surface area contributed by atoms with Crippen molar-refractivity contribution in [2.45, 2.75) is 225 Å². The quantitative estimate of drug-likeness (QED) is 0.0234. The van der Waals surface area contributed by atoms with Crippen molar-refractivity contribution in [3.63, 3.8) is 0 Å². The lowest BCUT2D eigenvalue weighted by atomic mass is 10.0. The number of hydrogen-bond acceptors (Lipinski definition) is 8. The molecule has 0 spiro atoms. The van der Waals surface area contributed by atoms with E-state index in [0.29, 0.717) is 13.0 Å². The molecule has 0 rings (SSSR count). The number of phosphoric ester groups is 1. The van der Waals surface area contributed by atoms with Crippen molar-refractivity contribution < 1.29 is 42.7 Å². The van der Waals surface area contributed by atoms with Gasteiger partial charge in [0.1, 0.15) is 12.1 Å². The maximum Gasteiger partial charge on any atom is 0.472 e. The lowest BCUT2D eigenvalue weighted by molar-refractivity contribution is -0.154. The molecular formula is C45H86NO9P. The van der Waals surface area contributed by atoms with Crippen LogP contribution in [-0.2, 0) is 32.7 Å². The maximum absolute atomic E-state index is 12.6. The molecule has 56 heavy (non-hydrogen) atoms. The molecule has 10 nitrogen and oxygen atoms in total. The lowest BCUT2D eigenvalue weighted by Gasteiger charge is -2.20. The molecule has 0 amide bonds. The smallest absolute Gasteiger partial charge is 0.472 e. The van der Waals surface area contributed by atoms with Crippen LogP contribution in [0.3, 0.4) is 0 Å². The molecule has 0 aliphatic heterocycles. The van der Waals surface area contributed by atoms with E-state index in [1.807, 2.05) is 0 Å². The summed E-state index contributed by atoms with van der Waals surface area (Å²) in [5, 5.41) is 8.90. The minimum atomic E-state index is -4.61. The topological polar surface area (TPSA) is 155 Å². The summed E-state index contributed by atoms with van der Waals surface area (Å²) in [6.45, 7) is 3.87. The van der Waals surface area contributed by atoms with Gasteiger partial charge in [-0.3, -0.25) is 18.6 Å². The molecule has 0 aromatic rings. The van der Waals surface area contributed by atoms with Gasteiger partial charge in [-0.15, -0.1) is 0 Å². The fraction of sp³-hybridized carbons (Fsp3) is 0.867. The van der Waals surface area contributed by atoms with Gasteiger partial charge < -0.3 is 25.2 Å². The molecular weight excluding hydrogens is 729 g/mol. The summed E-state index contributed by atoms with van der Waals surface area (Å²) in [6.07, 6.45) is 45.1. The molecule has 3 atom stereocenters. The Hall–Kier alpha value is -1.55. The van der Waals surface area contributed by atoms with E-state index in [-0.39, 0.29) is 13.0 Å². The molecule has 0 aliphatic carbocycles. The third-order valence-electron chi connectivity index (χ3n) is 9.98. The number of phosphoric acid groups is 1. The van der Waals surface area contributed by atoms with Crippen molar-refractivity contribution in [3.05, 3.63) is 24.3 Å². The lowest BCUT2D eigenvalue weighted by Crippen LogP contribution is -2.34. The van der Waals surface area contributed by atoms with E-state index in [9.17, 15) is 19.0 Å². The van der Waals surface area contributed by atoms with E-state index in [1.165, 1.54) is 141 Å². The molecule has 0 saturated carbocycles. The Bertz CT molecular complexity index is 993. The number of hydrogen-bond donors (Lipinski definition) is 3. The van der Waals surface area contributed by atoms with Gasteiger partial charge in [0.2, 0.25) is 0 Å². The SMILES string of the molecule is CCCCC/C=C\C/C=C\CCCCCCCCCCOCC(COP(=O)(O)OCC(N)C(=O)O)OC(=O)CCCCCCCCCCCCCCCCCC. The fourth-order valence-corrected chi connectivity index (χ4v) is 7.18. The molecule has 11 heteroatoms. The second-order valence-electron chi connectivity index (χ2n) is 15.5. The highest BCUT2D eigenvalue weighted by Crippen LogP contribution is 2.43. The maximum atomic E-state index is 12.6. The van der Waals surface area contributed by atoms with Crippen molar-refractivity contribution in [2.24, 2.45) is 5.73 Å². The van der Waals surface area contributed by atoms with Gasteiger partial charge in [0, 0.05) is 13.0 Å². The molecule has 0 heterocycles. The number of unbranched alkanes of at least 4 members (excludes halogenated alkanes) is 26. The average molecular weight is 816 g/mol. The summed E-state index contributed by atoms with van der Waals surface area (Å²) in [5.41, 5.74) is 5.36. The number of allylic oxidation sites excluding steroid dienone is 4. The highest BCUT2D eigenvalue weighted by atomic mass is 31.2. The first kappa shape index (κ1) is 54.5. The van der Waals surface area contributed by atoms with E-state index < -0.39 is 45.1 Å². The second-order valence-corrected chi connectivity index (χ2v) is 17.0. The normalized spacial score (nSPS) is 14.1. The van der Waals surface area contributed by atoms with Crippen molar-refractivity contribution in [3.8, 4) is 0 Å². The fourth-order valence-electron chi connectivity index (χ4n) is 6.40. The van der Waals surface area contributed by atoms with E-state index in [4.69, 9.17) is 29.4 Å². The van der Waals surface area contributed by atoms with Crippen molar-refractivity contribution >= 4 is 19.8 Å². The van der Waals surface area contributed by atoms with Gasteiger partial charge >= 0.3 is 19.8 Å². The standard InChI is InChI=1S/C45H86NO9P/c1-3-5-7-9-11-13-15-17-19-21-22-24-26-28-30-32-34-36-38-52-39-42(40-53-56(50,51)54-41-43(46)45(48)49)55-44(47)37-35-33-31-29-27-25-23-20-18-16-14-12-10-8-6-4-2/h11,13,17,19,42-43H,3-10,12,14-16,18,20-41,46H2,1-2H3,(H,48,49)(H,50,51)/b13-11-,19-17-. The Morgan fingerprint density at radius 2 is 0.982 bits per heavy atom. The predicted molar refractivity (Wildman–Crippen MR) is 231 cm³/mol. The van der Waals surface area contributed by atoms with Gasteiger partial charge in [-0.25, -0.2) is 4.57 Å². The van der Waals surface area contributed by atoms with Crippen LogP contribution in [0, 0.1) is 0 Å². The van der Waals surface area contributed by atoms with Gasteiger partial charge in [0.05, 0.1) is 19.8 Å². The van der Waals surface area contributed by atoms with Crippen LogP contribution >= 0.6 is 7.82 Å². The van der Waals surface area contributed by atoms with Crippen LogP contribution in [0.25, 0.3) is 0 Å². The summed E-state index contributed by atoms with van der Waals surface area (Å²) in [7, 11) is -4.61. The summed E-state index contributed by atoms with van der Waals surface area (Å²) < 4.78 is 33.4. The first-order valence-corrected chi connectivity index (χ1v) is 24.4. The Morgan fingerprint density at radius 1 is 0.571 bits per heavy atom. The molecule has 0 aromatic carbocycles. The Balaban J connectivity index is 4.19. The third kappa shape index (κ3) is 40.6. The summed E-state index contributed by atoms with van der Waals surface area (Å²) in [6, 6.07) is -1.47. The summed E-state index contributed by atoms with van der Waals surface area (Å²) >= 11 is 0. The first-order valence-electron chi connectivity index (χ1n) is 22.9. The van der Waals surface area contributed by atoms with E-state index >= 15 is 0 Å². The van der Waals surface area contributed by atoms with E-state index in [1.54, 1.807) is 0 Å². The van der Waals surface area contributed by atoms with E-state index in [0.717, 1.165) is 44.9 Å². The molecule has 0 saturated heterocycles. The molecule has 0 fully saturated rings. The highest BCUT2D eigenvalue weighted by molar-refractivity contribution is 7.47. The highest BCUT2D eigenvalue weighted by Gasteiger charge is 2.27. The predicted octanol–water partition coefficient (Wildman–Crippen LogP) is 12.7. The van der Waals surface area contributed by atoms with Crippen LogP contribution in [0.1, 0.15) is 213 Å². The number of esters is 1. The molecule has 330 valence electrons. The van der Waals surface area contributed by atoms with Gasteiger partial charge in [-0.1, -0.05) is 186 Å². The molecule has 3 unspecified atom stereocenters. The molecule has 0 aromatic heterocycles. The number of carbonyl (C=O) groups is 2. The molecule has 0 bridgehead atoms. The van der Waals surface area contributed by atoms with Crippen LogP contribution in [0.2, 0.25) is 0 Å². The number of rotatable bonds is 44. The number of nitrogens with two attached hydrogens (primary N) is 1. The minimum absolute atomic E-state index is 0.0169. The minimum Gasteiger partial charge on any atom is -0.480 e. The summed E-state index contributed by atoms with van der Waals surface area (Å²) in [4.78, 5) is 33.6. The van der Waals surface area contributed by atoms with Gasteiger partial charge in [-0.05, 0) is 44.9 Å². The third-order valence-corrected chi connectivity index (χ3v) is 10.9. The number of carboxylic acids is 1. The number of carbonyl (C=O) groups excluding carboxylic acids is 1. The first-order chi connectivity index (χ1) is 27.2. The summed E-state index contributed by atoms with van der Waals surface area (Å²) in [5.74, 6) is -1.77. The molecule has 0 aliphatic rings. The number of ether oxygens (including phenoxy) is 2. The van der Waals surface area contributed by atoms with Crippen molar-refractivity contribution in [1.29, 1.82) is 0 Å². The zero-order valence-electron chi connectivity index (χ0n) is 36.0. The molecule has 0 radical (unpaired) electrons. The number of aliphatic carboxylic acids is 1. The Labute approximate surface area is 343 Å². The average Bonchev–Trinajstić information content (AvgIpc) is 3.18.